The Labute approximate surface area is 121 Å². The van der Waals surface area contributed by atoms with E-state index in [1.165, 1.54) is 16.7 Å². The van der Waals surface area contributed by atoms with Gasteiger partial charge in [-0.2, -0.15) is 0 Å². The van der Waals surface area contributed by atoms with Gasteiger partial charge in [0.2, 0.25) is 0 Å². The summed E-state index contributed by atoms with van der Waals surface area (Å²) in [5.41, 5.74) is 3.75. The molecule has 2 aromatic carbocycles. The topological polar surface area (TPSA) is 12.0 Å². The summed E-state index contributed by atoms with van der Waals surface area (Å²) in [6, 6.07) is 21.1. The molecule has 1 unspecified atom stereocenters. The highest BCUT2D eigenvalue weighted by molar-refractivity contribution is 5.33. The number of nitrogens with one attached hydrogen (secondary N) is 1. The first kappa shape index (κ1) is 14.3. The Kier molecular flexibility index (Phi) is 5.33. The van der Waals surface area contributed by atoms with E-state index in [-0.39, 0.29) is 6.04 Å². The van der Waals surface area contributed by atoms with Crippen molar-refractivity contribution in [3.8, 4) is 0 Å². The van der Waals surface area contributed by atoms with Gasteiger partial charge in [-0.25, -0.2) is 0 Å². The quantitative estimate of drug-likeness (QED) is 0.748. The van der Waals surface area contributed by atoms with E-state index in [0.29, 0.717) is 0 Å². The van der Waals surface area contributed by atoms with Gasteiger partial charge in [-0.1, -0.05) is 79.4 Å². The molecule has 0 amide bonds. The summed E-state index contributed by atoms with van der Waals surface area (Å²) in [6.07, 6.45) is 4.04. The van der Waals surface area contributed by atoms with Crippen molar-refractivity contribution < 1.29 is 0 Å². The molecule has 1 N–H and O–H groups in total. The van der Waals surface area contributed by atoms with E-state index in [1.54, 1.807) is 0 Å². The highest BCUT2D eigenvalue weighted by Gasteiger charge is 2.13. The van der Waals surface area contributed by atoms with Crippen LogP contribution in [0.3, 0.4) is 0 Å². The van der Waals surface area contributed by atoms with Crippen LogP contribution in [0.5, 0.6) is 0 Å². The Hall–Kier alpha value is -2.12. The molecule has 0 aliphatic rings. The molecule has 0 saturated carbocycles. The van der Waals surface area contributed by atoms with Gasteiger partial charge >= 0.3 is 0 Å². The summed E-state index contributed by atoms with van der Waals surface area (Å²) in [7, 11) is 0. The van der Waals surface area contributed by atoms with Crippen molar-refractivity contribution in [3.63, 3.8) is 0 Å². The van der Waals surface area contributed by atoms with E-state index in [4.69, 9.17) is 0 Å². The average molecular weight is 263 g/mol. The maximum atomic E-state index is 3.92. The summed E-state index contributed by atoms with van der Waals surface area (Å²) >= 11 is 0. The lowest BCUT2D eigenvalue weighted by Gasteiger charge is -2.20. The smallest absolute Gasteiger partial charge is 0.0575 e. The van der Waals surface area contributed by atoms with Gasteiger partial charge in [0, 0.05) is 6.54 Å². The van der Waals surface area contributed by atoms with Crippen molar-refractivity contribution in [2.45, 2.75) is 19.5 Å². The van der Waals surface area contributed by atoms with Gasteiger partial charge in [0.25, 0.3) is 0 Å². The number of hydrogen-bond acceptors (Lipinski definition) is 1. The molecule has 1 nitrogen and oxygen atoms in total. The summed E-state index contributed by atoms with van der Waals surface area (Å²) in [6.45, 7) is 6.82. The first-order valence-corrected chi connectivity index (χ1v) is 6.96. The molecule has 0 fully saturated rings. The zero-order chi connectivity index (χ0) is 14.2. The van der Waals surface area contributed by atoms with Crippen LogP contribution >= 0.6 is 0 Å². The van der Waals surface area contributed by atoms with Crippen molar-refractivity contribution in [2.24, 2.45) is 0 Å². The molecular formula is C19H21N. The van der Waals surface area contributed by atoms with E-state index < -0.39 is 0 Å². The van der Waals surface area contributed by atoms with Crippen LogP contribution in [0.4, 0.5) is 0 Å². The highest BCUT2D eigenvalue weighted by Crippen LogP contribution is 2.22. The van der Waals surface area contributed by atoms with Crippen LogP contribution in [-0.4, -0.2) is 0 Å². The molecule has 0 bridgehead atoms. The lowest BCUT2D eigenvalue weighted by Crippen LogP contribution is -2.22. The van der Waals surface area contributed by atoms with Crippen molar-refractivity contribution in [3.05, 3.63) is 96.1 Å². The van der Waals surface area contributed by atoms with E-state index >= 15 is 0 Å². The highest BCUT2D eigenvalue weighted by atomic mass is 14.9. The molecule has 1 heteroatoms. The van der Waals surface area contributed by atoms with E-state index in [2.05, 4.69) is 73.4 Å². The number of hydrogen-bond donors (Lipinski definition) is 1. The molecule has 0 aliphatic heterocycles. The predicted molar refractivity (Wildman–Crippen MR) is 86.4 cm³/mol. The predicted octanol–water partition coefficient (Wildman–Crippen LogP) is 4.65. The van der Waals surface area contributed by atoms with Crippen LogP contribution in [0.1, 0.15) is 24.1 Å². The van der Waals surface area contributed by atoms with Gasteiger partial charge in [0.15, 0.2) is 0 Å². The Bertz CT molecular complexity index is 555. The third kappa shape index (κ3) is 3.69. The molecule has 0 spiro atoms. The van der Waals surface area contributed by atoms with Crippen molar-refractivity contribution in [1.82, 2.24) is 5.32 Å². The van der Waals surface area contributed by atoms with Crippen LogP contribution in [0.15, 0.2) is 85.0 Å². The van der Waals surface area contributed by atoms with E-state index in [0.717, 1.165) is 6.54 Å². The third-order valence-electron chi connectivity index (χ3n) is 3.39. The Morgan fingerprint density at radius 3 is 2.20 bits per heavy atom. The zero-order valence-corrected chi connectivity index (χ0v) is 11.9. The van der Waals surface area contributed by atoms with E-state index in [1.807, 2.05) is 18.2 Å². The first-order chi connectivity index (χ1) is 9.85. The molecule has 0 heterocycles. The van der Waals surface area contributed by atoms with Crippen LogP contribution in [0, 0.1) is 0 Å². The normalized spacial score (nSPS) is 12.9. The average Bonchev–Trinajstić information content (AvgIpc) is 2.53. The van der Waals surface area contributed by atoms with Crippen LogP contribution in [-0.2, 0) is 6.54 Å². The molecule has 20 heavy (non-hydrogen) atoms. The fourth-order valence-corrected chi connectivity index (χ4v) is 2.29. The number of allylic oxidation sites excluding steroid dienone is 1. The minimum absolute atomic E-state index is 0.180. The minimum atomic E-state index is 0.180. The van der Waals surface area contributed by atoms with Gasteiger partial charge in [-0.3, -0.25) is 0 Å². The SMILES string of the molecule is C=C/C(=C\C)C(NCc1ccccc1)c1ccccc1. The fourth-order valence-electron chi connectivity index (χ4n) is 2.29. The second-order valence-electron chi connectivity index (χ2n) is 4.70. The monoisotopic (exact) mass is 263 g/mol. The lowest BCUT2D eigenvalue weighted by molar-refractivity contribution is 0.604. The standard InChI is InChI=1S/C19H21N/c1-3-17(4-2)19(18-13-9-6-10-14-18)20-15-16-11-7-5-8-12-16/h3-14,19-20H,1,15H2,2H3/b17-4+. The van der Waals surface area contributed by atoms with Gasteiger partial charge in [0.05, 0.1) is 6.04 Å². The first-order valence-electron chi connectivity index (χ1n) is 6.96. The molecule has 0 aromatic heterocycles. The molecule has 0 radical (unpaired) electrons. The van der Waals surface area contributed by atoms with Crippen molar-refractivity contribution in [1.29, 1.82) is 0 Å². The number of rotatable bonds is 6. The largest absolute Gasteiger partial charge is 0.302 e. The maximum absolute atomic E-state index is 3.92. The fraction of sp³-hybridized carbons (Fsp3) is 0.158. The molecule has 2 aromatic rings. The van der Waals surface area contributed by atoms with E-state index in [9.17, 15) is 0 Å². The number of benzene rings is 2. The van der Waals surface area contributed by atoms with Crippen LogP contribution in [0.25, 0.3) is 0 Å². The van der Waals surface area contributed by atoms with Gasteiger partial charge < -0.3 is 5.32 Å². The Morgan fingerprint density at radius 2 is 1.65 bits per heavy atom. The second kappa shape index (κ2) is 7.46. The minimum Gasteiger partial charge on any atom is -0.302 e. The maximum Gasteiger partial charge on any atom is 0.0575 e. The lowest BCUT2D eigenvalue weighted by atomic mass is 9.98. The van der Waals surface area contributed by atoms with Gasteiger partial charge in [-0.05, 0) is 23.6 Å². The molecule has 0 aliphatic carbocycles. The molecular weight excluding hydrogens is 242 g/mol. The molecule has 1 atom stereocenters. The summed E-state index contributed by atoms with van der Waals surface area (Å²) in [4.78, 5) is 0. The van der Waals surface area contributed by atoms with Crippen molar-refractivity contribution >= 4 is 0 Å². The van der Waals surface area contributed by atoms with Gasteiger partial charge in [-0.15, -0.1) is 0 Å². The zero-order valence-electron chi connectivity index (χ0n) is 11.9. The molecule has 2 rings (SSSR count). The van der Waals surface area contributed by atoms with Gasteiger partial charge in [0.1, 0.15) is 0 Å². The van der Waals surface area contributed by atoms with Crippen molar-refractivity contribution in [2.75, 3.05) is 0 Å². The summed E-state index contributed by atoms with van der Waals surface area (Å²) < 4.78 is 0. The third-order valence-corrected chi connectivity index (χ3v) is 3.39. The molecule has 0 saturated heterocycles. The van der Waals surface area contributed by atoms with Crippen LogP contribution < -0.4 is 5.32 Å². The van der Waals surface area contributed by atoms with Crippen LogP contribution in [0.2, 0.25) is 0 Å². The Morgan fingerprint density at radius 1 is 1.05 bits per heavy atom. The summed E-state index contributed by atoms with van der Waals surface area (Å²) in [5.74, 6) is 0. The second-order valence-corrected chi connectivity index (χ2v) is 4.70. The molecule has 102 valence electrons. The Balaban J connectivity index is 2.17. The summed E-state index contributed by atoms with van der Waals surface area (Å²) in [5, 5.41) is 3.61.